The van der Waals surface area contributed by atoms with E-state index in [9.17, 15) is 19.2 Å². The SMILES string of the molecule is Cc1cc(CN2CCC(CCc3noc4c(CN(C)C)c(OCC(C)C)ccc34)CC2)no1.O=C(O)C=CC(=O)O.O=C(O)C=CC(=O)O. The minimum Gasteiger partial charge on any atom is -0.493 e. The van der Waals surface area contributed by atoms with Crippen molar-refractivity contribution in [2.45, 2.75) is 59.5 Å². The third-order valence-electron chi connectivity index (χ3n) is 7.12. The molecule has 0 atom stereocenters. The quantitative estimate of drug-likeness (QED) is 0.172. The number of fused-ring (bicyclic) bond motifs is 1. The molecule has 1 aromatic carbocycles. The Labute approximate surface area is 284 Å². The number of carboxylic acids is 4. The molecular formula is C34H46N4O11. The molecule has 15 nitrogen and oxygen atoms in total. The molecule has 1 aliphatic heterocycles. The molecule has 4 rings (SSSR count). The summed E-state index contributed by atoms with van der Waals surface area (Å²) in [6.45, 7) is 10.8. The minimum atomic E-state index is -1.26. The number of aryl methyl sites for hydroxylation is 2. The van der Waals surface area contributed by atoms with Gasteiger partial charge in [-0.1, -0.05) is 24.2 Å². The van der Waals surface area contributed by atoms with Gasteiger partial charge in [0.05, 0.1) is 23.6 Å². The van der Waals surface area contributed by atoms with Crippen LogP contribution in [0.25, 0.3) is 11.0 Å². The van der Waals surface area contributed by atoms with Gasteiger partial charge < -0.3 is 39.1 Å². The van der Waals surface area contributed by atoms with E-state index in [0.29, 0.717) is 36.8 Å². The van der Waals surface area contributed by atoms with Crippen LogP contribution >= 0.6 is 0 Å². The molecular weight excluding hydrogens is 640 g/mol. The lowest BCUT2D eigenvalue weighted by Gasteiger charge is -2.31. The number of rotatable bonds is 14. The number of aromatic nitrogens is 2. The third kappa shape index (κ3) is 15.6. The van der Waals surface area contributed by atoms with Crippen molar-refractivity contribution in [1.82, 2.24) is 20.1 Å². The van der Waals surface area contributed by atoms with Crippen molar-refractivity contribution in [2.75, 3.05) is 33.8 Å². The first-order valence-electron chi connectivity index (χ1n) is 15.7. The van der Waals surface area contributed by atoms with Gasteiger partial charge in [-0.05, 0) is 83.8 Å². The molecule has 0 unspecified atom stereocenters. The van der Waals surface area contributed by atoms with E-state index in [0.717, 1.165) is 84.4 Å². The summed E-state index contributed by atoms with van der Waals surface area (Å²) >= 11 is 0. The Balaban J connectivity index is 0.000000432. The van der Waals surface area contributed by atoms with Crippen LogP contribution in [-0.2, 0) is 38.7 Å². The van der Waals surface area contributed by atoms with E-state index in [1.54, 1.807) is 0 Å². The molecule has 49 heavy (non-hydrogen) atoms. The number of benzene rings is 1. The van der Waals surface area contributed by atoms with Crippen LogP contribution in [0.2, 0.25) is 0 Å². The molecule has 2 aromatic heterocycles. The van der Waals surface area contributed by atoms with Gasteiger partial charge in [0.25, 0.3) is 0 Å². The fourth-order valence-electron chi connectivity index (χ4n) is 4.91. The van der Waals surface area contributed by atoms with Gasteiger partial charge in [-0.2, -0.15) is 0 Å². The van der Waals surface area contributed by atoms with Gasteiger partial charge in [-0.15, -0.1) is 0 Å². The predicted octanol–water partition coefficient (Wildman–Crippen LogP) is 4.49. The van der Waals surface area contributed by atoms with Gasteiger partial charge in [0, 0.05) is 48.8 Å². The number of carbonyl (C=O) groups is 4. The average Bonchev–Trinajstić information content (AvgIpc) is 3.64. The summed E-state index contributed by atoms with van der Waals surface area (Å²) in [6.07, 6.45) is 6.76. The molecule has 1 fully saturated rings. The first-order chi connectivity index (χ1) is 23.1. The summed E-state index contributed by atoms with van der Waals surface area (Å²) in [5, 5.41) is 41.0. The summed E-state index contributed by atoms with van der Waals surface area (Å²) in [5.74, 6) is -2.04. The van der Waals surface area contributed by atoms with Crippen LogP contribution in [0.4, 0.5) is 0 Å². The first kappa shape index (κ1) is 40.2. The summed E-state index contributed by atoms with van der Waals surface area (Å²) in [6, 6.07) is 6.25. The second-order valence-corrected chi connectivity index (χ2v) is 12.2. The highest BCUT2D eigenvalue weighted by Gasteiger charge is 2.22. The molecule has 3 heterocycles. The fourth-order valence-corrected chi connectivity index (χ4v) is 4.91. The summed E-state index contributed by atoms with van der Waals surface area (Å²) in [7, 11) is 4.14. The molecule has 1 saturated heterocycles. The van der Waals surface area contributed by atoms with Crippen molar-refractivity contribution in [3.05, 3.63) is 65.2 Å². The standard InChI is InChI=1S/C26H38N4O3.2C4H4O4/c1-18(2)17-31-25-9-7-22-24(28-33-26(22)23(25)16-29(4)5)8-6-20-10-12-30(13-11-20)15-21-14-19(3)32-27-21;2*5-3(6)1-2-4(7)8/h7,9,14,18,20H,6,8,10-13,15-17H2,1-5H3;2*1-2H,(H,5,6)(H,7,8). The van der Waals surface area contributed by atoms with E-state index < -0.39 is 23.9 Å². The van der Waals surface area contributed by atoms with Crippen LogP contribution in [0.15, 0.2) is 51.5 Å². The number of hydrogen-bond donors (Lipinski definition) is 4. The number of aliphatic carboxylic acids is 4. The molecule has 268 valence electrons. The van der Waals surface area contributed by atoms with E-state index in [1.165, 1.54) is 12.8 Å². The molecule has 15 heteroatoms. The Morgan fingerprint density at radius 1 is 0.939 bits per heavy atom. The van der Waals surface area contributed by atoms with Crippen LogP contribution in [0.5, 0.6) is 5.75 Å². The van der Waals surface area contributed by atoms with Crippen LogP contribution < -0.4 is 4.74 Å². The Hall–Kier alpha value is -5.02. The zero-order valence-corrected chi connectivity index (χ0v) is 28.5. The van der Waals surface area contributed by atoms with Crippen LogP contribution in [0.3, 0.4) is 0 Å². The van der Waals surface area contributed by atoms with Crippen LogP contribution in [0.1, 0.15) is 55.8 Å². The maximum atomic E-state index is 9.55. The molecule has 0 aliphatic carbocycles. The highest BCUT2D eigenvalue weighted by atomic mass is 16.5. The van der Waals surface area contributed by atoms with E-state index in [-0.39, 0.29) is 0 Å². The van der Waals surface area contributed by atoms with Crippen molar-refractivity contribution < 1.29 is 53.4 Å². The number of piperidine rings is 1. The van der Waals surface area contributed by atoms with Crippen molar-refractivity contribution >= 4 is 34.8 Å². The van der Waals surface area contributed by atoms with Gasteiger partial charge in [0.2, 0.25) is 0 Å². The normalized spacial score (nSPS) is 13.8. The maximum absolute atomic E-state index is 9.55. The second kappa shape index (κ2) is 20.4. The number of carboxylic acid groups (broad SMARTS) is 4. The Morgan fingerprint density at radius 2 is 1.51 bits per heavy atom. The van der Waals surface area contributed by atoms with Gasteiger partial charge >= 0.3 is 23.9 Å². The molecule has 0 saturated carbocycles. The monoisotopic (exact) mass is 686 g/mol. The molecule has 0 radical (unpaired) electrons. The summed E-state index contributed by atoms with van der Waals surface area (Å²) in [5.41, 5.74) is 4.07. The second-order valence-electron chi connectivity index (χ2n) is 12.2. The van der Waals surface area contributed by atoms with Crippen LogP contribution in [0, 0.1) is 18.8 Å². The number of likely N-dealkylation sites (tertiary alicyclic amines) is 1. The topological polar surface area (TPSA) is 217 Å². The lowest BCUT2D eigenvalue weighted by atomic mass is 9.91. The van der Waals surface area contributed by atoms with Gasteiger partial charge in [-0.25, -0.2) is 19.2 Å². The van der Waals surface area contributed by atoms with E-state index in [2.05, 4.69) is 60.2 Å². The van der Waals surface area contributed by atoms with Crippen molar-refractivity contribution in [3.8, 4) is 5.75 Å². The Kier molecular flexibility index (Phi) is 16.7. The molecule has 0 bridgehead atoms. The lowest BCUT2D eigenvalue weighted by molar-refractivity contribution is -0.134. The first-order valence-corrected chi connectivity index (χ1v) is 15.7. The highest BCUT2D eigenvalue weighted by molar-refractivity contribution is 5.90. The molecule has 4 N–H and O–H groups in total. The maximum Gasteiger partial charge on any atom is 0.328 e. The zero-order chi connectivity index (χ0) is 36.5. The van der Waals surface area contributed by atoms with Crippen LogP contribution in [-0.4, -0.2) is 98.2 Å². The molecule has 0 spiro atoms. The zero-order valence-electron chi connectivity index (χ0n) is 28.5. The van der Waals surface area contributed by atoms with Gasteiger partial charge in [-0.3, -0.25) is 4.90 Å². The highest BCUT2D eigenvalue weighted by Crippen LogP contribution is 2.33. The molecule has 0 amide bonds. The van der Waals surface area contributed by atoms with Crippen molar-refractivity contribution in [1.29, 1.82) is 0 Å². The number of nitrogens with zero attached hydrogens (tertiary/aromatic N) is 4. The van der Waals surface area contributed by atoms with E-state index in [4.69, 9.17) is 34.2 Å². The Morgan fingerprint density at radius 3 is 1.98 bits per heavy atom. The Bertz CT molecular complexity index is 1520. The number of hydrogen-bond acceptors (Lipinski definition) is 11. The average molecular weight is 687 g/mol. The fraction of sp³-hybridized carbons (Fsp3) is 0.471. The lowest BCUT2D eigenvalue weighted by Crippen LogP contribution is -2.33. The molecule has 1 aliphatic rings. The largest absolute Gasteiger partial charge is 0.493 e. The minimum absolute atomic E-state index is 0.477. The number of ether oxygens (including phenoxy) is 1. The van der Waals surface area contributed by atoms with E-state index >= 15 is 0 Å². The van der Waals surface area contributed by atoms with Crippen molar-refractivity contribution in [2.24, 2.45) is 11.8 Å². The molecule has 3 aromatic rings. The van der Waals surface area contributed by atoms with Gasteiger partial charge in [0.1, 0.15) is 11.5 Å². The van der Waals surface area contributed by atoms with Gasteiger partial charge in [0.15, 0.2) is 5.58 Å². The van der Waals surface area contributed by atoms with E-state index in [1.807, 2.05) is 13.0 Å². The van der Waals surface area contributed by atoms with Crippen molar-refractivity contribution in [3.63, 3.8) is 0 Å². The summed E-state index contributed by atoms with van der Waals surface area (Å²) in [4.78, 5) is 42.8. The summed E-state index contributed by atoms with van der Waals surface area (Å²) < 4.78 is 17.2. The predicted molar refractivity (Wildman–Crippen MR) is 178 cm³/mol. The third-order valence-corrected chi connectivity index (χ3v) is 7.12. The smallest absolute Gasteiger partial charge is 0.328 e.